The third-order valence-electron chi connectivity index (χ3n) is 4.73. The lowest BCUT2D eigenvalue weighted by Gasteiger charge is -2.44. The number of carboxylic acid groups (broad SMARTS) is 1. The van der Waals surface area contributed by atoms with Crippen molar-refractivity contribution in [1.82, 2.24) is 4.90 Å². The number of benzene rings is 1. The predicted molar refractivity (Wildman–Crippen MR) is 92.4 cm³/mol. The predicted octanol–water partition coefficient (Wildman–Crippen LogP) is 3.82. The van der Waals surface area contributed by atoms with Crippen molar-refractivity contribution < 1.29 is 19.8 Å². The summed E-state index contributed by atoms with van der Waals surface area (Å²) < 4.78 is 0. The lowest BCUT2D eigenvalue weighted by molar-refractivity contribution is 0.0376. The fourth-order valence-electron chi connectivity index (χ4n) is 3.39. The molecule has 1 saturated heterocycles. The SMILES string of the molecule is CC(C)(C)C1CC(C(=O)c2cc(Cl)ccc2CO)CCN1C(=O)O. The average molecular weight is 354 g/mol. The third-order valence-corrected chi connectivity index (χ3v) is 4.96. The zero-order chi connectivity index (χ0) is 18.1. The van der Waals surface area contributed by atoms with Crippen LogP contribution in [0.3, 0.4) is 0 Å². The lowest BCUT2D eigenvalue weighted by Crippen LogP contribution is -2.52. The maximum atomic E-state index is 12.9. The first-order chi connectivity index (χ1) is 11.1. The van der Waals surface area contributed by atoms with Crippen LogP contribution in [0.15, 0.2) is 18.2 Å². The van der Waals surface area contributed by atoms with Gasteiger partial charge in [-0.05, 0) is 36.0 Å². The van der Waals surface area contributed by atoms with Crippen LogP contribution in [0.1, 0.15) is 49.5 Å². The molecule has 1 amide bonds. The lowest BCUT2D eigenvalue weighted by atomic mass is 9.75. The van der Waals surface area contributed by atoms with Gasteiger partial charge in [0.25, 0.3) is 0 Å². The van der Waals surface area contributed by atoms with Crippen molar-refractivity contribution in [3.05, 3.63) is 34.3 Å². The fourth-order valence-corrected chi connectivity index (χ4v) is 3.56. The van der Waals surface area contributed by atoms with Crippen LogP contribution in [-0.2, 0) is 6.61 Å². The second-order valence-corrected chi connectivity index (χ2v) is 7.84. The molecule has 1 aromatic rings. The fraction of sp³-hybridized carbons (Fsp3) is 0.556. The van der Waals surface area contributed by atoms with Crippen molar-refractivity contribution in [3.63, 3.8) is 0 Å². The Kier molecular flexibility index (Phi) is 5.56. The maximum Gasteiger partial charge on any atom is 0.407 e. The van der Waals surface area contributed by atoms with Crippen molar-refractivity contribution in [1.29, 1.82) is 0 Å². The number of aliphatic hydroxyl groups excluding tert-OH is 1. The Hall–Kier alpha value is -1.59. The smallest absolute Gasteiger partial charge is 0.407 e. The highest BCUT2D eigenvalue weighted by Gasteiger charge is 2.41. The molecule has 1 aliphatic rings. The number of piperidine rings is 1. The van der Waals surface area contributed by atoms with Crippen molar-refractivity contribution in [2.75, 3.05) is 6.54 Å². The summed E-state index contributed by atoms with van der Waals surface area (Å²) in [7, 11) is 0. The van der Waals surface area contributed by atoms with E-state index in [1.54, 1.807) is 18.2 Å². The third kappa shape index (κ3) is 3.90. The summed E-state index contributed by atoms with van der Waals surface area (Å²) in [5.74, 6) is -0.338. The summed E-state index contributed by atoms with van der Waals surface area (Å²) in [5.41, 5.74) is 0.731. The molecule has 2 unspecified atom stereocenters. The van der Waals surface area contributed by atoms with E-state index in [2.05, 4.69) is 0 Å². The van der Waals surface area contributed by atoms with E-state index in [0.29, 0.717) is 35.5 Å². The van der Waals surface area contributed by atoms with Gasteiger partial charge in [0.15, 0.2) is 5.78 Å². The maximum absolute atomic E-state index is 12.9. The number of aliphatic hydroxyl groups is 1. The molecule has 5 nitrogen and oxygen atoms in total. The Morgan fingerprint density at radius 3 is 2.54 bits per heavy atom. The standard InChI is InChI=1S/C18H24ClNO4/c1-18(2,3)15-8-11(6-7-20(15)17(23)24)16(22)14-9-13(19)5-4-12(14)10-21/h4-5,9,11,15,21H,6-8,10H2,1-3H3,(H,23,24). The van der Waals surface area contributed by atoms with E-state index in [1.807, 2.05) is 20.8 Å². The molecule has 1 aromatic carbocycles. The minimum absolute atomic E-state index is 0.0687. The molecule has 2 N–H and O–H groups in total. The van der Waals surface area contributed by atoms with Gasteiger partial charge in [-0.1, -0.05) is 38.4 Å². The second kappa shape index (κ2) is 7.11. The van der Waals surface area contributed by atoms with Crippen LogP contribution in [0.4, 0.5) is 4.79 Å². The number of halogens is 1. The summed E-state index contributed by atoms with van der Waals surface area (Å²) in [6, 6.07) is 4.66. The highest BCUT2D eigenvalue weighted by Crippen LogP contribution is 2.36. The van der Waals surface area contributed by atoms with E-state index in [9.17, 15) is 19.8 Å². The van der Waals surface area contributed by atoms with Crippen molar-refractivity contribution in [3.8, 4) is 0 Å². The molecule has 0 saturated carbocycles. The number of hydrogen-bond donors (Lipinski definition) is 2. The van der Waals surface area contributed by atoms with Gasteiger partial charge in [0, 0.05) is 29.1 Å². The molecule has 6 heteroatoms. The molecule has 0 aliphatic carbocycles. The molecule has 0 spiro atoms. The normalized spacial score (nSPS) is 21.6. The molecule has 0 radical (unpaired) electrons. The van der Waals surface area contributed by atoms with Gasteiger partial charge in [-0.3, -0.25) is 4.79 Å². The van der Waals surface area contributed by atoms with Gasteiger partial charge in [-0.25, -0.2) is 4.79 Å². The monoisotopic (exact) mass is 353 g/mol. The van der Waals surface area contributed by atoms with Crippen molar-refractivity contribution >= 4 is 23.5 Å². The van der Waals surface area contributed by atoms with Gasteiger partial charge in [0.2, 0.25) is 0 Å². The molecule has 0 aromatic heterocycles. The number of carbonyl (C=O) groups is 2. The number of hydrogen-bond acceptors (Lipinski definition) is 3. The molecule has 0 bridgehead atoms. The first-order valence-electron chi connectivity index (χ1n) is 8.08. The van der Waals surface area contributed by atoms with E-state index >= 15 is 0 Å². The van der Waals surface area contributed by atoms with Crippen molar-refractivity contribution in [2.45, 2.75) is 46.3 Å². The highest BCUT2D eigenvalue weighted by molar-refractivity contribution is 6.31. The molecular formula is C18H24ClNO4. The van der Waals surface area contributed by atoms with Gasteiger partial charge in [0.05, 0.1) is 6.61 Å². The van der Waals surface area contributed by atoms with Crippen LogP contribution in [0, 0.1) is 11.3 Å². The quantitative estimate of drug-likeness (QED) is 0.810. The van der Waals surface area contributed by atoms with E-state index in [0.717, 1.165) is 0 Å². The summed E-state index contributed by atoms with van der Waals surface area (Å²) >= 11 is 6.00. The minimum atomic E-state index is -0.945. The van der Waals surface area contributed by atoms with Crippen LogP contribution < -0.4 is 0 Å². The topological polar surface area (TPSA) is 77.8 Å². The van der Waals surface area contributed by atoms with Gasteiger partial charge in [-0.15, -0.1) is 0 Å². The van der Waals surface area contributed by atoms with Crippen LogP contribution in [0.25, 0.3) is 0 Å². The number of nitrogens with zero attached hydrogens (tertiary/aromatic N) is 1. The van der Waals surface area contributed by atoms with Gasteiger partial charge in [-0.2, -0.15) is 0 Å². The molecule has 2 atom stereocenters. The van der Waals surface area contributed by atoms with E-state index in [-0.39, 0.29) is 29.8 Å². The minimum Gasteiger partial charge on any atom is -0.465 e. The van der Waals surface area contributed by atoms with E-state index in [1.165, 1.54) is 4.90 Å². The number of Topliss-reactive ketones (excluding diaryl/α,β-unsaturated/α-hetero) is 1. The Bertz CT molecular complexity index is 638. The zero-order valence-electron chi connectivity index (χ0n) is 14.3. The summed E-state index contributed by atoms with van der Waals surface area (Å²) in [4.78, 5) is 25.9. The summed E-state index contributed by atoms with van der Waals surface area (Å²) in [6.45, 7) is 6.06. The van der Waals surface area contributed by atoms with E-state index < -0.39 is 6.09 Å². The van der Waals surface area contributed by atoms with Gasteiger partial charge < -0.3 is 15.1 Å². The number of amides is 1. The Balaban J connectivity index is 2.29. The second-order valence-electron chi connectivity index (χ2n) is 7.40. The van der Waals surface area contributed by atoms with E-state index in [4.69, 9.17) is 11.6 Å². The molecule has 1 fully saturated rings. The number of ketones is 1. The molecule has 24 heavy (non-hydrogen) atoms. The molecule has 132 valence electrons. The Labute approximate surface area is 147 Å². The van der Waals surface area contributed by atoms with Crippen LogP contribution in [0.5, 0.6) is 0 Å². The summed E-state index contributed by atoms with van der Waals surface area (Å²) in [5, 5.41) is 19.3. The molecule has 1 aliphatic heterocycles. The molecule has 1 heterocycles. The molecule has 2 rings (SSSR count). The number of carbonyl (C=O) groups excluding carboxylic acids is 1. The van der Waals surface area contributed by atoms with Crippen LogP contribution in [-0.4, -0.2) is 39.6 Å². The molecular weight excluding hydrogens is 330 g/mol. The van der Waals surface area contributed by atoms with Gasteiger partial charge in [0.1, 0.15) is 0 Å². The highest BCUT2D eigenvalue weighted by atomic mass is 35.5. The largest absolute Gasteiger partial charge is 0.465 e. The Morgan fingerprint density at radius 1 is 1.33 bits per heavy atom. The Morgan fingerprint density at radius 2 is 2.00 bits per heavy atom. The van der Waals surface area contributed by atoms with Gasteiger partial charge >= 0.3 is 6.09 Å². The van der Waals surface area contributed by atoms with Crippen LogP contribution in [0.2, 0.25) is 5.02 Å². The average Bonchev–Trinajstić information content (AvgIpc) is 2.52. The number of rotatable bonds is 3. The summed E-state index contributed by atoms with van der Waals surface area (Å²) in [6.07, 6.45) is 0.0146. The van der Waals surface area contributed by atoms with Crippen molar-refractivity contribution in [2.24, 2.45) is 11.3 Å². The van der Waals surface area contributed by atoms with Crippen LogP contribution >= 0.6 is 11.6 Å². The zero-order valence-corrected chi connectivity index (χ0v) is 15.0. The number of likely N-dealkylation sites (tertiary alicyclic amines) is 1. The first kappa shape index (κ1) is 18.7. The first-order valence-corrected chi connectivity index (χ1v) is 8.46.